The number of carbonyl (C=O) groups excluding carboxylic acids is 1. The van der Waals surface area contributed by atoms with Gasteiger partial charge in [-0.1, -0.05) is 18.9 Å². The molecule has 0 aliphatic heterocycles. The third kappa shape index (κ3) is 3.60. The van der Waals surface area contributed by atoms with Gasteiger partial charge in [-0.15, -0.1) is 6.42 Å². The molecule has 1 saturated carbocycles. The van der Waals surface area contributed by atoms with Crippen molar-refractivity contribution in [3.63, 3.8) is 0 Å². The lowest BCUT2D eigenvalue weighted by atomic mass is 9.79. The number of nitrogens with zero attached hydrogens (tertiary/aromatic N) is 5. The molecule has 7 heteroatoms. The zero-order valence-corrected chi connectivity index (χ0v) is 19.1. The molecule has 0 saturated heterocycles. The van der Waals surface area contributed by atoms with Crippen LogP contribution in [0.2, 0.25) is 0 Å². The Balaban J connectivity index is 1.62. The van der Waals surface area contributed by atoms with Crippen LogP contribution in [-0.2, 0) is 11.8 Å². The van der Waals surface area contributed by atoms with Gasteiger partial charge in [0.25, 0.3) is 0 Å². The molecule has 2 aliphatic carbocycles. The molecule has 2 N–H and O–H groups in total. The van der Waals surface area contributed by atoms with Gasteiger partial charge in [0.05, 0.1) is 16.8 Å². The fraction of sp³-hybridized carbons (Fsp3) is 0.423. The van der Waals surface area contributed by atoms with Gasteiger partial charge < -0.3 is 10.3 Å². The molecular weight excluding hydrogens is 412 g/mol. The average molecular weight is 441 g/mol. The number of rotatable bonds is 4. The van der Waals surface area contributed by atoms with Crippen LogP contribution in [-0.4, -0.2) is 30.3 Å². The Hall–Kier alpha value is -3.53. The molecule has 168 valence electrons. The topological polar surface area (TPSA) is 99.6 Å². The van der Waals surface area contributed by atoms with E-state index in [1.807, 2.05) is 18.5 Å². The van der Waals surface area contributed by atoms with Crippen LogP contribution in [0.3, 0.4) is 0 Å². The molecule has 0 radical (unpaired) electrons. The lowest BCUT2D eigenvalue weighted by molar-refractivity contribution is -0.126. The van der Waals surface area contributed by atoms with Crippen molar-refractivity contribution in [1.82, 2.24) is 24.5 Å². The zero-order valence-electron chi connectivity index (χ0n) is 19.1. The fourth-order valence-electron chi connectivity index (χ4n) is 5.54. The van der Waals surface area contributed by atoms with Gasteiger partial charge in [0.1, 0.15) is 23.6 Å². The van der Waals surface area contributed by atoms with Crippen molar-refractivity contribution < 1.29 is 4.79 Å². The van der Waals surface area contributed by atoms with E-state index in [1.54, 1.807) is 6.20 Å². The van der Waals surface area contributed by atoms with Crippen LogP contribution in [0.15, 0.2) is 18.6 Å². The molecule has 0 spiro atoms. The molecule has 1 atom stereocenters. The summed E-state index contributed by atoms with van der Waals surface area (Å²) in [5.41, 5.74) is 11.9. The summed E-state index contributed by atoms with van der Waals surface area (Å²) in [6, 6.07) is 0. The first-order valence-corrected chi connectivity index (χ1v) is 11.6. The van der Waals surface area contributed by atoms with E-state index in [1.165, 1.54) is 24.7 Å². The maximum atomic E-state index is 13.0. The van der Waals surface area contributed by atoms with Crippen molar-refractivity contribution in [2.24, 2.45) is 18.9 Å². The number of aryl methyl sites for hydroxylation is 2. The molecule has 1 fully saturated rings. The molecule has 0 bridgehead atoms. The predicted molar refractivity (Wildman–Crippen MR) is 129 cm³/mol. The van der Waals surface area contributed by atoms with Gasteiger partial charge in [0.2, 0.25) is 5.82 Å². The van der Waals surface area contributed by atoms with E-state index < -0.39 is 0 Å². The average Bonchev–Trinajstić information content (AvgIpc) is 3.47. The number of nitrogen functional groups attached to an aromatic ring is 1. The van der Waals surface area contributed by atoms with Crippen LogP contribution >= 0.6 is 0 Å². The van der Waals surface area contributed by atoms with E-state index in [4.69, 9.17) is 12.2 Å². The maximum Gasteiger partial charge on any atom is 0.204 e. The highest BCUT2D eigenvalue weighted by atomic mass is 16.1. The Morgan fingerprint density at radius 3 is 2.64 bits per heavy atom. The number of ketones is 1. The van der Waals surface area contributed by atoms with E-state index in [0.717, 1.165) is 65.7 Å². The van der Waals surface area contributed by atoms with Crippen LogP contribution in [0.1, 0.15) is 62.0 Å². The minimum atomic E-state index is 0.115. The number of aromatic nitrogens is 5. The Morgan fingerprint density at radius 2 is 1.97 bits per heavy atom. The molecule has 3 aromatic heterocycles. The Bertz CT molecular complexity index is 1320. The molecule has 33 heavy (non-hydrogen) atoms. The smallest absolute Gasteiger partial charge is 0.204 e. The Morgan fingerprint density at radius 1 is 1.18 bits per heavy atom. The lowest BCUT2D eigenvalue weighted by Crippen LogP contribution is -2.23. The van der Waals surface area contributed by atoms with Crippen LogP contribution in [0.25, 0.3) is 27.9 Å². The normalized spacial score (nSPS) is 18.9. The summed E-state index contributed by atoms with van der Waals surface area (Å²) in [6.07, 6.45) is 17.9. The zero-order chi connectivity index (χ0) is 23.1. The third-order valence-corrected chi connectivity index (χ3v) is 7.25. The van der Waals surface area contributed by atoms with E-state index in [9.17, 15) is 4.79 Å². The second-order valence-electron chi connectivity index (χ2n) is 9.16. The molecule has 7 nitrogen and oxygen atoms in total. The molecule has 0 amide bonds. The van der Waals surface area contributed by atoms with Gasteiger partial charge >= 0.3 is 0 Å². The van der Waals surface area contributed by atoms with Crippen molar-refractivity contribution in [3.8, 4) is 23.6 Å². The van der Waals surface area contributed by atoms with Crippen molar-refractivity contribution in [3.05, 3.63) is 35.7 Å². The van der Waals surface area contributed by atoms with E-state index in [-0.39, 0.29) is 11.8 Å². The monoisotopic (exact) mass is 440 g/mol. The summed E-state index contributed by atoms with van der Waals surface area (Å²) in [5, 5.41) is 0.835. The van der Waals surface area contributed by atoms with Crippen LogP contribution in [0.4, 0.5) is 5.82 Å². The minimum absolute atomic E-state index is 0.115. The van der Waals surface area contributed by atoms with Gasteiger partial charge in [-0.25, -0.2) is 19.9 Å². The second kappa shape index (κ2) is 8.43. The summed E-state index contributed by atoms with van der Waals surface area (Å²) < 4.78 is 2.03. The van der Waals surface area contributed by atoms with Gasteiger partial charge in [-0.3, -0.25) is 4.79 Å². The van der Waals surface area contributed by atoms with E-state index >= 15 is 0 Å². The van der Waals surface area contributed by atoms with Crippen molar-refractivity contribution in [2.75, 3.05) is 5.73 Å². The van der Waals surface area contributed by atoms with Gasteiger partial charge in [-0.2, -0.15) is 0 Å². The highest BCUT2D eigenvalue weighted by Crippen LogP contribution is 2.44. The Labute approximate surface area is 193 Å². The molecular formula is C26H28N6O. The molecule has 3 heterocycles. The van der Waals surface area contributed by atoms with Crippen molar-refractivity contribution in [1.29, 1.82) is 0 Å². The number of nitrogens with two attached hydrogens (primary N) is 1. The summed E-state index contributed by atoms with van der Waals surface area (Å²) >= 11 is 0. The van der Waals surface area contributed by atoms with Crippen LogP contribution in [0.5, 0.6) is 0 Å². The summed E-state index contributed by atoms with van der Waals surface area (Å²) in [5.74, 6) is 4.14. The number of allylic oxidation sites excluding steroid dienone is 2. The minimum Gasteiger partial charge on any atom is -0.383 e. The second-order valence-corrected chi connectivity index (χ2v) is 9.16. The number of terminal acetylenes is 1. The van der Waals surface area contributed by atoms with Gasteiger partial charge in [-0.05, 0) is 50.5 Å². The summed E-state index contributed by atoms with van der Waals surface area (Å²) in [6.45, 7) is 1.93. The van der Waals surface area contributed by atoms with E-state index in [2.05, 4.69) is 31.9 Å². The number of carbonyl (C=O) groups is 1. The quantitative estimate of drug-likeness (QED) is 0.609. The number of hydrogen-bond acceptors (Lipinski definition) is 6. The molecule has 2 aliphatic rings. The molecule has 0 unspecified atom stereocenters. The highest BCUT2D eigenvalue weighted by Gasteiger charge is 2.32. The molecule has 3 aromatic rings. The largest absolute Gasteiger partial charge is 0.383 e. The number of anilines is 1. The van der Waals surface area contributed by atoms with E-state index in [0.29, 0.717) is 17.4 Å². The number of fused-ring (bicyclic) bond motifs is 1. The first-order valence-electron chi connectivity index (χ1n) is 11.6. The number of hydrogen-bond donors (Lipinski definition) is 1. The number of Topliss-reactive ketones (excluding diaryl/α,β-unsaturated/α-hetero) is 1. The van der Waals surface area contributed by atoms with Gasteiger partial charge in [0.15, 0.2) is 0 Å². The standard InChI is InChI=1S/C26H28N6O/c1-4-20-28-13-19(15(2)31-20)23-21(22-25(27)29-14-30-26(22)32(23)3)16-9-11-18(12-10-16)24(33)17-7-5-6-8-17/h1,9,13-14,17-18H,5-8,10-12H2,2-3H3,(H2,27,29,30)/t18-/m0/s1. The van der Waals surface area contributed by atoms with Crippen LogP contribution in [0, 0.1) is 31.1 Å². The summed E-state index contributed by atoms with van der Waals surface area (Å²) in [4.78, 5) is 30.6. The predicted octanol–water partition coefficient (Wildman–Crippen LogP) is 4.24. The Kier molecular flexibility index (Phi) is 5.45. The first-order chi connectivity index (χ1) is 16.0. The summed E-state index contributed by atoms with van der Waals surface area (Å²) in [7, 11) is 1.97. The highest BCUT2D eigenvalue weighted by molar-refractivity contribution is 6.04. The maximum absolute atomic E-state index is 13.0. The third-order valence-electron chi connectivity index (χ3n) is 7.25. The SMILES string of the molecule is C#Cc1ncc(-c2c(C3=CC[C@H](C(=O)C4CCCC4)CC3)c3c(N)ncnc3n2C)c(C)n1. The van der Waals surface area contributed by atoms with Crippen molar-refractivity contribution in [2.45, 2.75) is 51.9 Å². The lowest BCUT2D eigenvalue weighted by Gasteiger charge is -2.24. The first kappa shape index (κ1) is 21.3. The van der Waals surface area contributed by atoms with Gasteiger partial charge in [0, 0.05) is 36.2 Å². The van der Waals surface area contributed by atoms with Crippen LogP contribution < -0.4 is 5.73 Å². The van der Waals surface area contributed by atoms with Crippen molar-refractivity contribution >= 4 is 28.2 Å². The fourth-order valence-corrected chi connectivity index (χ4v) is 5.54. The molecule has 0 aromatic carbocycles. The molecule has 5 rings (SSSR count).